The van der Waals surface area contributed by atoms with Crippen molar-refractivity contribution in [2.24, 2.45) is 0 Å². The van der Waals surface area contributed by atoms with Crippen molar-refractivity contribution in [1.29, 1.82) is 0 Å². The number of benzene rings is 2. The molecule has 27 heavy (non-hydrogen) atoms. The van der Waals surface area contributed by atoms with Crippen LogP contribution in [-0.2, 0) is 0 Å². The van der Waals surface area contributed by atoms with Gasteiger partial charge in [-0.25, -0.2) is 9.59 Å². The van der Waals surface area contributed by atoms with Crippen molar-refractivity contribution in [3.05, 3.63) is 62.2 Å². The van der Waals surface area contributed by atoms with E-state index in [0.717, 1.165) is 15.7 Å². The molecule has 0 saturated carbocycles. The number of carbonyl (C=O) groups is 4. The third-order valence-electron chi connectivity index (χ3n) is 3.55. The number of amides is 1. The number of hydrogen-bond donors (Lipinski definition) is 4. The summed E-state index contributed by atoms with van der Waals surface area (Å²) in [6.45, 7) is -0.224. The Kier molecular flexibility index (Phi) is 7.12. The van der Waals surface area contributed by atoms with Gasteiger partial charge in [-0.15, -0.1) is 0 Å². The van der Waals surface area contributed by atoms with Gasteiger partial charge >= 0.3 is 11.9 Å². The highest BCUT2D eigenvalue weighted by Gasteiger charge is 2.25. The Morgan fingerprint density at radius 2 is 1.37 bits per heavy atom. The molecule has 0 aliphatic heterocycles. The van der Waals surface area contributed by atoms with Gasteiger partial charge in [-0.3, -0.25) is 13.1 Å². The molecular formula is C17H12I2N2O6. The lowest BCUT2D eigenvalue weighted by Crippen LogP contribution is -2.22. The maximum atomic E-state index is 12.5. The van der Waals surface area contributed by atoms with E-state index in [0.29, 0.717) is 5.69 Å². The second-order valence-electron chi connectivity index (χ2n) is 5.26. The van der Waals surface area contributed by atoms with Gasteiger partial charge in [0.2, 0.25) is 0 Å². The maximum absolute atomic E-state index is 12.5. The lowest BCUT2D eigenvalue weighted by atomic mass is 9.95. The van der Waals surface area contributed by atoms with E-state index in [9.17, 15) is 29.4 Å². The summed E-state index contributed by atoms with van der Waals surface area (Å²) in [5.74, 6) is -4.27. The van der Waals surface area contributed by atoms with Gasteiger partial charge in [0, 0.05) is 14.8 Å². The fraction of sp³-hybridized carbons (Fsp3) is 0.0588. The summed E-state index contributed by atoms with van der Waals surface area (Å²) in [4.78, 5) is 47.4. The number of aromatic carboxylic acids is 2. The maximum Gasteiger partial charge on any atom is 0.336 e. The Hall–Kier alpha value is -2.22. The number of rotatable bonds is 7. The minimum atomic E-state index is -1.47. The largest absolute Gasteiger partial charge is 0.478 e. The predicted octanol–water partition coefficient (Wildman–Crippen LogP) is 3.06. The van der Waals surface area contributed by atoms with Crippen LogP contribution >= 0.6 is 45.5 Å². The summed E-state index contributed by atoms with van der Waals surface area (Å²) in [6, 6.07) is 9.01. The first kappa shape index (κ1) is 21.1. The molecule has 4 N–H and O–H groups in total. The number of ketones is 1. The summed E-state index contributed by atoms with van der Waals surface area (Å²) in [6.07, 6.45) is 0. The molecule has 0 unspecified atom stereocenters. The van der Waals surface area contributed by atoms with Gasteiger partial charge in [0.05, 0.1) is 46.1 Å². The van der Waals surface area contributed by atoms with Crippen LogP contribution in [0.2, 0.25) is 0 Å². The van der Waals surface area contributed by atoms with E-state index in [2.05, 4.69) is 31.4 Å². The molecule has 10 heteroatoms. The Bertz CT molecular complexity index is 928. The first-order valence-electron chi connectivity index (χ1n) is 7.32. The molecule has 1 amide bonds. The van der Waals surface area contributed by atoms with Crippen molar-refractivity contribution in [1.82, 2.24) is 3.53 Å². The molecule has 2 rings (SSSR count). The molecular weight excluding hydrogens is 582 g/mol. The van der Waals surface area contributed by atoms with Crippen LogP contribution in [0.3, 0.4) is 0 Å². The SMILES string of the molecule is O=C(O)c1cc(C(=O)O)c(C(=O)NI)cc1C(=O)CNc1ccc(I)cc1. The van der Waals surface area contributed by atoms with Crippen LogP contribution in [0, 0.1) is 3.57 Å². The van der Waals surface area contributed by atoms with Gasteiger partial charge in [-0.1, -0.05) is 0 Å². The zero-order chi connectivity index (χ0) is 20.1. The van der Waals surface area contributed by atoms with Crippen molar-refractivity contribution in [3.63, 3.8) is 0 Å². The van der Waals surface area contributed by atoms with Crippen molar-refractivity contribution < 1.29 is 29.4 Å². The molecule has 0 radical (unpaired) electrons. The number of hydrogen-bond acceptors (Lipinski definition) is 5. The van der Waals surface area contributed by atoms with Crippen LogP contribution < -0.4 is 8.85 Å². The molecule has 0 aliphatic rings. The lowest BCUT2D eigenvalue weighted by Gasteiger charge is -2.12. The Labute approximate surface area is 181 Å². The number of carboxylic acid groups (broad SMARTS) is 2. The molecule has 0 spiro atoms. The number of Topliss-reactive ketones (excluding diaryl/α,β-unsaturated/α-hetero) is 1. The Balaban J connectivity index is 2.41. The van der Waals surface area contributed by atoms with Crippen LogP contribution in [-0.4, -0.2) is 40.4 Å². The van der Waals surface area contributed by atoms with E-state index in [1.54, 1.807) is 12.1 Å². The molecule has 0 saturated heterocycles. The average Bonchev–Trinajstić information content (AvgIpc) is 2.65. The molecule has 0 aromatic heterocycles. The highest BCUT2D eigenvalue weighted by atomic mass is 127. The first-order chi connectivity index (χ1) is 12.7. The second kappa shape index (κ2) is 9.12. The van der Waals surface area contributed by atoms with E-state index in [1.165, 1.54) is 22.9 Å². The van der Waals surface area contributed by atoms with Crippen LogP contribution in [0.25, 0.3) is 0 Å². The van der Waals surface area contributed by atoms with E-state index >= 15 is 0 Å². The van der Waals surface area contributed by atoms with Crippen LogP contribution in [0.1, 0.15) is 41.4 Å². The third kappa shape index (κ3) is 5.15. The van der Waals surface area contributed by atoms with Crippen molar-refractivity contribution in [3.8, 4) is 0 Å². The summed E-state index contributed by atoms with van der Waals surface area (Å²) >= 11 is 3.66. The van der Waals surface area contributed by atoms with Gasteiger partial charge in [0.15, 0.2) is 5.78 Å². The normalized spacial score (nSPS) is 10.1. The predicted molar refractivity (Wildman–Crippen MR) is 114 cm³/mol. The van der Waals surface area contributed by atoms with Crippen molar-refractivity contribution in [2.45, 2.75) is 0 Å². The number of carboxylic acids is 2. The Morgan fingerprint density at radius 3 is 1.89 bits per heavy atom. The van der Waals surface area contributed by atoms with E-state index < -0.39 is 34.8 Å². The third-order valence-corrected chi connectivity index (χ3v) is 4.76. The topological polar surface area (TPSA) is 133 Å². The van der Waals surface area contributed by atoms with Gasteiger partial charge < -0.3 is 15.5 Å². The highest BCUT2D eigenvalue weighted by molar-refractivity contribution is 14.1. The highest BCUT2D eigenvalue weighted by Crippen LogP contribution is 2.20. The molecule has 8 nitrogen and oxygen atoms in total. The lowest BCUT2D eigenvalue weighted by molar-refractivity contribution is 0.0689. The van der Waals surface area contributed by atoms with Gasteiger partial charge in [-0.05, 0) is 59.0 Å². The molecule has 140 valence electrons. The minimum absolute atomic E-state index is 0.224. The van der Waals surface area contributed by atoms with E-state index in [4.69, 9.17) is 0 Å². The van der Waals surface area contributed by atoms with Crippen molar-refractivity contribution in [2.75, 3.05) is 11.9 Å². The van der Waals surface area contributed by atoms with E-state index in [1.807, 2.05) is 12.1 Å². The van der Waals surface area contributed by atoms with Crippen LogP contribution in [0.4, 0.5) is 5.69 Å². The van der Waals surface area contributed by atoms with Gasteiger partial charge in [0.25, 0.3) is 5.91 Å². The summed E-state index contributed by atoms with van der Waals surface area (Å²) in [7, 11) is 0. The molecule has 0 heterocycles. The molecule has 2 aromatic rings. The van der Waals surface area contributed by atoms with Gasteiger partial charge in [-0.2, -0.15) is 0 Å². The quantitative estimate of drug-likeness (QED) is 0.220. The molecule has 0 bridgehead atoms. The van der Waals surface area contributed by atoms with Crippen LogP contribution in [0.5, 0.6) is 0 Å². The fourth-order valence-electron chi connectivity index (χ4n) is 2.27. The standard InChI is InChI=1S/C17H12I2N2O6/c18-8-1-3-9(4-2-8)20-7-14(22)10-5-11(15(23)21-19)13(17(26)27)6-12(10)16(24)25/h1-6,20H,7H2,(H,21,23)(H,24,25)(H,26,27). The van der Waals surface area contributed by atoms with E-state index in [-0.39, 0.29) is 17.7 Å². The monoisotopic (exact) mass is 594 g/mol. The molecule has 0 aliphatic carbocycles. The first-order valence-corrected chi connectivity index (χ1v) is 9.48. The van der Waals surface area contributed by atoms with Crippen LogP contribution in [0.15, 0.2) is 36.4 Å². The summed E-state index contributed by atoms with van der Waals surface area (Å²) in [5.41, 5.74) is -0.858. The Morgan fingerprint density at radius 1 is 0.852 bits per heavy atom. The molecule has 0 atom stereocenters. The summed E-state index contributed by atoms with van der Waals surface area (Å²) in [5, 5.41) is 21.5. The second-order valence-corrected chi connectivity index (χ2v) is 7.05. The zero-order valence-electron chi connectivity index (χ0n) is 13.5. The minimum Gasteiger partial charge on any atom is -0.478 e. The van der Waals surface area contributed by atoms with Crippen molar-refractivity contribution >= 4 is 74.8 Å². The number of halogens is 2. The van der Waals surface area contributed by atoms with Gasteiger partial charge in [0.1, 0.15) is 0 Å². The summed E-state index contributed by atoms with van der Waals surface area (Å²) < 4.78 is 3.26. The number of carbonyl (C=O) groups excluding carboxylic acids is 2. The fourth-order valence-corrected chi connectivity index (χ4v) is 2.92. The molecule has 2 aromatic carbocycles. The molecule has 0 fully saturated rings. The average molecular weight is 594 g/mol. The smallest absolute Gasteiger partial charge is 0.336 e. The number of anilines is 1. The number of nitrogens with one attached hydrogen (secondary N) is 2. The zero-order valence-corrected chi connectivity index (χ0v) is 17.8.